The summed E-state index contributed by atoms with van der Waals surface area (Å²) in [4.78, 5) is 12.4. The molecule has 0 radical (unpaired) electrons. The van der Waals surface area contributed by atoms with Crippen molar-refractivity contribution < 1.29 is 4.79 Å². The van der Waals surface area contributed by atoms with Crippen molar-refractivity contribution in [2.45, 2.75) is 51.6 Å². The molecule has 3 unspecified atom stereocenters. The van der Waals surface area contributed by atoms with Gasteiger partial charge in [-0.1, -0.05) is 13.3 Å². The number of amides is 1. The van der Waals surface area contributed by atoms with Crippen LogP contribution in [0.4, 0.5) is 5.69 Å². The van der Waals surface area contributed by atoms with E-state index in [1.807, 2.05) is 10.8 Å². The Kier molecular flexibility index (Phi) is 3.25. The fourth-order valence-electron chi connectivity index (χ4n) is 3.81. The average Bonchev–Trinajstić information content (AvgIpc) is 3.05. The highest BCUT2D eigenvalue weighted by Gasteiger charge is 2.40. The van der Waals surface area contributed by atoms with Crippen LogP contribution in [0.15, 0.2) is 12.3 Å². The number of hydrogen-bond donors (Lipinski definition) is 2. The minimum absolute atomic E-state index is 0.0442. The van der Waals surface area contributed by atoms with Crippen LogP contribution in [0.25, 0.3) is 0 Å². The van der Waals surface area contributed by atoms with Crippen LogP contribution in [-0.4, -0.2) is 16.5 Å². The molecule has 0 spiro atoms. The van der Waals surface area contributed by atoms with Gasteiger partial charge in [0.2, 0.25) is 0 Å². The number of anilines is 1. The Balaban J connectivity index is 1.70. The Morgan fingerprint density at radius 3 is 2.95 bits per heavy atom. The monoisotopic (exact) mass is 261 g/mol. The van der Waals surface area contributed by atoms with Crippen molar-refractivity contribution >= 4 is 11.6 Å². The Morgan fingerprint density at radius 1 is 1.47 bits per heavy atom. The number of aryl methyl sites for hydroxylation is 1. The Bertz CT molecular complexity index is 480. The first kappa shape index (κ1) is 12.6. The predicted octanol–water partition coefficient (Wildman–Crippen LogP) is 2.40. The van der Waals surface area contributed by atoms with E-state index in [-0.39, 0.29) is 5.91 Å². The number of nitrogens with two attached hydrogens (primary N) is 1. The van der Waals surface area contributed by atoms with Gasteiger partial charge in [0, 0.05) is 18.8 Å². The van der Waals surface area contributed by atoms with E-state index in [2.05, 4.69) is 12.2 Å². The van der Waals surface area contributed by atoms with E-state index < -0.39 is 0 Å². The second-order valence-corrected chi connectivity index (χ2v) is 6.11. The fourth-order valence-corrected chi connectivity index (χ4v) is 3.81. The van der Waals surface area contributed by atoms with E-state index in [1.54, 1.807) is 6.07 Å². The SMILES string of the molecule is CCCn1cc(N)cc1C(=O)NC1CC2CCC1C2. The number of carbonyl (C=O) groups is 1. The number of nitrogen functional groups attached to an aromatic ring is 1. The molecule has 2 aliphatic rings. The van der Waals surface area contributed by atoms with Crippen LogP contribution in [0.5, 0.6) is 0 Å². The van der Waals surface area contributed by atoms with Gasteiger partial charge >= 0.3 is 0 Å². The van der Waals surface area contributed by atoms with Crippen molar-refractivity contribution in [1.82, 2.24) is 9.88 Å². The van der Waals surface area contributed by atoms with E-state index in [0.29, 0.717) is 23.3 Å². The van der Waals surface area contributed by atoms with Gasteiger partial charge < -0.3 is 15.6 Å². The lowest BCUT2D eigenvalue weighted by atomic mass is 9.95. The molecule has 104 valence electrons. The minimum atomic E-state index is 0.0442. The molecule has 1 heterocycles. The highest BCUT2D eigenvalue weighted by Crippen LogP contribution is 2.44. The van der Waals surface area contributed by atoms with E-state index in [0.717, 1.165) is 18.9 Å². The van der Waals surface area contributed by atoms with E-state index in [9.17, 15) is 4.79 Å². The molecule has 1 amide bonds. The minimum Gasteiger partial charge on any atom is -0.397 e. The quantitative estimate of drug-likeness (QED) is 0.874. The van der Waals surface area contributed by atoms with Crippen LogP contribution in [0.3, 0.4) is 0 Å². The molecule has 3 atom stereocenters. The lowest BCUT2D eigenvalue weighted by Gasteiger charge is -2.23. The first-order valence-corrected chi connectivity index (χ1v) is 7.44. The van der Waals surface area contributed by atoms with Gasteiger partial charge in [-0.05, 0) is 43.6 Å². The molecule has 3 N–H and O–H groups in total. The van der Waals surface area contributed by atoms with Crippen molar-refractivity contribution in [1.29, 1.82) is 0 Å². The van der Waals surface area contributed by atoms with Crippen LogP contribution in [0.1, 0.15) is 49.5 Å². The molecular formula is C15H23N3O. The Hall–Kier alpha value is -1.45. The third-order valence-electron chi connectivity index (χ3n) is 4.67. The smallest absolute Gasteiger partial charge is 0.268 e. The highest BCUT2D eigenvalue weighted by molar-refractivity contribution is 5.94. The largest absolute Gasteiger partial charge is 0.397 e. The summed E-state index contributed by atoms with van der Waals surface area (Å²) in [5.74, 6) is 1.60. The van der Waals surface area contributed by atoms with Gasteiger partial charge in [0.25, 0.3) is 5.91 Å². The molecule has 1 aromatic rings. The molecule has 4 nitrogen and oxygen atoms in total. The van der Waals surface area contributed by atoms with E-state index in [4.69, 9.17) is 5.73 Å². The maximum atomic E-state index is 12.4. The number of aromatic nitrogens is 1. The zero-order valence-corrected chi connectivity index (χ0v) is 11.6. The molecular weight excluding hydrogens is 238 g/mol. The van der Waals surface area contributed by atoms with Gasteiger partial charge in [-0.15, -0.1) is 0 Å². The molecule has 1 aromatic heterocycles. The molecule has 19 heavy (non-hydrogen) atoms. The van der Waals surface area contributed by atoms with Crippen molar-refractivity contribution in [3.05, 3.63) is 18.0 Å². The van der Waals surface area contributed by atoms with Gasteiger partial charge in [-0.2, -0.15) is 0 Å². The number of nitrogens with one attached hydrogen (secondary N) is 1. The molecule has 2 aliphatic carbocycles. The normalized spacial score (nSPS) is 28.8. The van der Waals surface area contributed by atoms with Crippen LogP contribution in [-0.2, 0) is 6.54 Å². The lowest BCUT2D eigenvalue weighted by molar-refractivity contribution is 0.0913. The van der Waals surface area contributed by atoms with Crippen LogP contribution < -0.4 is 11.1 Å². The molecule has 2 fully saturated rings. The molecule has 2 saturated carbocycles. The molecule has 2 bridgehead atoms. The fraction of sp³-hybridized carbons (Fsp3) is 0.667. The van der Waals surface area contributed by atoms with Crippen molar-refractivity contribution in [2.75, 3.05) is 5.73 Å². The lowest BCUT2D eigenvalue weighted by Crippen LogP contribution is -2.39. The molecule has 3 rings (SSSR count). The first-order valence-electron chi connectivity index (χ1n) is 7.44. The topological polar surface area (TPSA) is 60.0 Å². The first-order chi connectivity index (χ1) is 9.17. The van der Waals surface area contributed by atoms with E-state index >= 15 is 0 Å². The Labute approximate surface area is 114 Å². The second-order valence-electron chi connectivity index (χ2n) is 6.11. The number of rotatable bonds is 4. The van der Waals surface area contributed by atoms with Gasteiger partial charge in [0.05, 0.1) is 5.69 Å². The summed E-state index contributed by atoms with van der Waals surface area (Å²) in [6.07, 6.45) is 7.98. The summed E-state index contributed by atoms with van der Waals surface area (Å²) < 4.78 is 1.97. The zero-order chi connectivity index (χ0) is 13.4. The summed E-state index contributed by atoms with van der Waals surface area (Å²) in [5.41, 5.74) is 7.20. The summed E-state index contributed by atoms with van der Waals surface area (Å²) in [5, 5.41) is 3.22. The number of carbonyl (C=O) groups excluding carboxylic acids is 1. The van der Waals surface area contributed by atoms with E-state index in [1.165, 1.54) is 25.7 Å². The van der Waals surface area contributed by atoms with Gasteiger partial charge in [-0.3, -0.25) is 4.79 Å². The number of fused-ring (bicyclic) bond motifs is 2. The molecule has 4 heteroatoms. The van der Waals surface area contributed by atoms with Gasteiger partial charge in [0.15, 0.2) is 0 Å². The molecule has 0 aliphatic heterocycles. The third kappa shape index (κ3) is 2.36. The van der Waals surface area contributed by atoms with Crippen molar-refractivity contribution in [3.8, 4) is 0 Å². The summed E-state index contributed by atoms with van der Waals surface area (Å²) in [6.45, 7) is 2.95. The number of nitrogens with zero attached hydrogens (tertiary/aromatic N) is 1. The maximum absolute atomic E-state index is 12.4. The maximum Gasteiger partial charge on any atom is 0.268 e. The standard InChI is InChI=1S/C15H23N3O/c1-2-5-18-9-12(16)8-14(18)15(19)17-13-7-10-3-4-11(13)6-10/h8-11,13H,2-7,16H2,1H3,(H,17,19). The zero-order valence-electron chi connectivity index (χ0n) is 11.6. The summed E-state index contributed by atoms with van der Waals surface area (Å²) >= 11 is 0. The summed E-state index contributed by atoms with van der Waals surface area (Å²) in [6, 6.07) is 2.18. The third-order valence-corrected chi connectivity index (χ3v) is 4.67. The van der Waals surface area contributed by atoms with Crippen molar-refractivity contribution in [2.24, 2.45) is 11.8 Å². The van der Waals surface area contributed by atoms with Crippen LogP contribution in [0, 0.1) is 11.8 Å². The van der Waals surface area contributed by atoms with Gasteiger partial charge in [0.1, 0.15) is 5.69 Å². The number of hydrogen-bond acceptors (Lipinski definition) is 2. The summed E-state index contributed by atoms with van der Waals surface area (Å²) in [7, 11) is 0. The average molecular weight is 261 g/mol. The predicted molar refractivity (Wildman–Crippen MR) is 75.8 cm³/mol. The second kappa shape index (κ2) is 4.91. The highest BCUT2D eigenvalue weighted by atomic mass is 16.2. The molecule has 0 aromatic carbocycles. The Morgan fingerprint density at radius 2 is 2.32 bits per heavy atom. The van der Waals surface area contributed by atoms with Gasteiger partial charge in [-0.25, -0.2) is 0 Å². The van der Waals surface area contributed by atoms with Crippen LogP contribution in [0.2, 0.25) is 0 Å². The molecule has 0 saturated heterocycles. The van der Waals surface area contributed by atoms with Crippen LogP contribution >= 0.6 is 0 Å². The van der Waals surface area contributed by atoms with Crippen molar-refractivity contribution in [3.63, 3.8) is 0 Å².